The highest BCUT2D eigenvalue weighted by Gasteiger charge is 2.35. The summed E-state index contributed by atoms with van der Waals surface area (Å²) >= 11 is 1.16. The van der Waals surface area contributed by atoms with Crippen molar-refractivity contribution in [2.75, 3.05) is 11.6 Å². The van der Waals surface area contributed by atoms with Gasteiger partial charge < -0.3 is 10.6 Å². The van der Waals surface area contributed by atoms with E-state index in [0.29, 0.717) is 22.8 Å². The number of hydroxylamine groups is 2. The predicted molar refractivity (Wildman–Crippen MR) is 101 cm³/mol. The second-order valence-corrected chi connectivity index (χ2v) is 6.89. The van der Waals surface area contributed by atoms with Crippen LogP contribution in [0, 0.1) is 11.3 Å². The molecular formula is C18H19F3N4O2S. The highest BCUT2D eigenvalue weighted by Crippen LogP contribution is 2.37. The van der Waals surface area contributed by atoms with Crippen molar-refractivity contribution in [3.63, 3.8) is 0 Å². The minimum atomic E-state index is -4.67. The van der Waals surface area contributed by atoms with Crippen LogP contribution in [-0.2, 0) is 4.28 Å². The van der Waals surface area contributed by atoms with Gasteiger partial charge in [-0.25, -0.2) is 0 Å². The van der Waals surface area contributed by atoms with Gasteiger partial charge in [0.15, 0.2) is 5.82 Å². The molecule has 1 fully saturated rings. The van der Waals surface area contributed by atoms with Crippen molar-refractivity contribution in [1.29, 1.82) is 5.41 Å². The lowest BCUT2D eigenvalue weighted by atomic mass is 10.1. The number of hydrogen-bond acceptors (Lipinski definition) is 6. The van der Waals surface area contributed by atoms with E-state index in [4.69, 9.17) is 9.69 Å². The maximum absolute atomic E-state index is 12.6. The van der Waals surface area contributed by atoms with Crippen LogP contribution in [0.25, 0.3) is 0 Å². The van der Waals surface area contributed by atoms with E-state index in [1.165, 1.54) is 5.06 Å². The first-order chi connectivity index (χ1) is 13.2. The van der Waals surface area contributed by atoms with Crippen LogP contribution >= 0.6 is 12.0 Å². The molecule has 1 aliphatic heterocycles. The van der Waals surface area contributed by atoms with Gasteiger partial charge in [-0.1, -0.05) is 0 Å². The van der Waals surface area contributed by atoms with E-state index in [1.807, 2.05) is 6.92 Å². The van der Waals surface area contributed by atoms with Gasteiger partial charge in [-0.15, -0.1) is 0 Å². The molecule has 1 aliphatic carbocycles. The number of halogens is 3. The standard InChI is InChI=1S/C18H19F3N4O2S/c1-10-16(25(10)27-28-2)24-17(26)12-5-7-13(8-6-12)23-14(11-3-4-11)9-15(22)18(19,20)21/h5-9,11,22-23H,3-4H2,1-2H3,(H,24,26)/b14-9-,22-15?. The predicted octanol–water partition coefficient (Wildman–Crippen LogP) is 4.42. The molecule has 0 bridgehead atoms. The van der Waals surface area contributed by atoms with Crippen LogP contribution in [0.15, 0.2) is 47.6 Å². The lowest BCUT2D eigenvalue weighted by Gasteiger charge is -2.12. The monoisotopic (exact) mass is 412 g/mol. The minimum absolute atomic E-state index is 0.00197. The SMILES string of the molecule is CSON1C(C)=C1NC(=O)c1ccc(N/C(=C\C(=N)C(F)(F)F)C2CC2)cc1. The van der Waals surface area contributed by atoms with Gasteiger partial charge in [-0.2, -0.15) is 22.5 Å². The number of carbonyl (C=O) groups excluding carboxylic acids is 1. The van der Waals surface area contributed by atoms with Crippen molar-refractivity contribution in [3.8, 4) is 0 Å². The number of benzene rings is 1. The summed E-state index contributed by atoms with van der Waals surface area (Å²) in [6, 6.07) is 6.39. The van der Waals surface area contributed by atoms with E-state index < -0.39 is 11.9 Å². The molecule has 1 aromatic rings. The van der Waals surface area contributed by atoms with Crippen molar-refractivity contribution >= 4 is 29.3 Å². The van der Waals surface area contributed by atoms with Gasteiger partial charge in [-0.3, -0.25) is 10.2 Å². The topological polar surface area (TPSA) is 77.2 Å². The fourth-order valence-electron chi connectivity index (χ4n) is 2.48. The fourth-order valence-corrected chi connectivity index (χ4v) is 2.81. The average Bonchev–Trinajstić information content (AvgIpc) is 3.55. The Kier molecular flexibility index (Phi) is 5.71. The van der Waals surface area contributed by atoms with Gasteiger partial charge in [0.1, 0.15) is 5.71 Å². The third-order valence-corrected chi connectivity index (χ3v) is 4.54. The molecule has 28 heavy (non-hydrogen) atoms. The zero-order chi connectivity index (χ0) is 20.5. The summed E-state index contributed by atoms with van der Waals surface area (Å²) in [5.74, 6) is 0.272. The zero-order valence-electron chi connectivity index (χ0n) is 15.2. The number of amides is 1. The Morgan fingerprint density at radius 3 is 2.46 bits per heavy atom. The normalized spacial score (nSPS) is 16.9. The van der Waals surface area contributed by atoms with Crippen LogP contribution in [0.1, 0.15) is 30.1 Å². The summed E-state index contributed by atoms with van der Waals surface area (Å²) in [6.45, 7) is 1.81. The first kappa shape index (κ1) is 20.3. The molecule has 1 heterocycles. The largest absolute Gasteiger partial charge is 0.432 e. The molecule has 10 heteroatoms. The molecule has 3 rings (SSSR count). The third kappa shape index (κ3) is 4.87. The van der Waals surface area contributed by atoms with Crippen LogP contribution in [0.5, 0.6) is 0 Å². The second kappa shape index (κ2) is 7.88. The fraction of sp³-hybridized carbons (Fsp3) is 0.333. The van der Waals surface area contributed by atoms with Crippen molar-refractivity contribution in [1.82, 2.24) is 10.4 Å². The van der Waals surface area contributed by atoms with E-state index in [-0.39, 0.29) is 11.8 Å². The Hall–Kier alpha value is -2.46. The number of hydrogen-bond donors (Lipinski definition) is 3. The summed E-state index contributed by atoms with van der Waals surface area (Å²) in [5.41, 5.74) is 0.749. The molecule has 150 valence electrons. The molecule has 0 aromatic heterocycles. The molecule has 6 nitrogen and oxygen atoms in total. The number of allylic oxidation sites excluding steroid dienone is 3. The summed E-state index contributed by atoms with van der Waals surface area (Å²) in [4.78, 5) is 12.3. The molecule has 2 aliphatic rings. The molecule has 1 saturated carbocycles. The Bertz CT molecular complexity index is 845. The molecule has 1 aromatic carbocycles. The van der Waals surface area contributed by atoms with E-state index in [1.54, 1.807) is 30.5 Å². The maximum atomic E-state index is 12.6. The molecule has 3 N–H and O–H groups in total. The highest BCUT2D eigenvalue weighted by molar-refractivity contribution is 7.93. The Morgan fingerprint density at radius 2 is 1.93 bits per heavy atom. The Labute approximate surface area is 164 Å². The molecule has 0 radical (unpaired) electrons. The van der Waals surface area contributed by atoms with Gasteiger partial charge in [0.2, 0.25) is 0 Å². The number of nitrogens with one attached hydrogen (secondary N) is 3. The highest BCUT2D eigenvalue weighted by atomic mass is 32.2. The number of carbonyl (C=O) groups is 1. The van der Waals surface area contributed by atoms with Crippen molar-refractivity contribution in [3.05, 3.63) is 53.1 Å². The molecule has 1 amide bonds. The molecule has 0 unspecified atom stereocenters. The van der Waals surface area contributed by atoms with Gasteiger partial charge >= 0.3 is 6.18 Å². The van der Waals surface area contributed by atoms with E-state index >= 15 is 0 Å². The number of anilines is 1. The van der Waals surface area contributed by atoms with Gasteiger partial charge in [0.05, 0.1) is 5.70 Å². The Balaban J connectivity index is 1.63. The number of alkyl halides is 3. The van der Waals surface area contributed by atoms with Crippen molar-refractivity contribution in [2.24, 2.45) is 5.92 Å². The van der Waals surface area contributed by atoms with Crippen molar-refractivity contribution in [2.45, 2.75) is 25.9 Å². The van der Waals surface area contributed by atoms with Crippen LogP contribution in [-0.4, -0.2) is 29.1 Å². The molecule has 0 atom stereocenters. The van der Waals surface area contributed by atoms with E-state index in [0.717, 1.165) is 36.7 Å². The average molecular weight is 412 g/mol. The smallest absolute Gasteiger partial charge is 0.359 e. The molecular weight excluding hydrogens is 393 g/mol. The van der Waals surface area contributed by atoms with Gasteiger partial charge in [0.25, 0.3) is 5.91 Å². The third-order valence-electron chi connectivity index (χ3n) is 4.24. The summed E-state index contributed by atoms with van der Waals surface area (Å²) in [7, 11) is 0. The Morgan fingerprint density at radius 1 is 1.29 bits per heavy atom. The molecule has 0 spiro atoms. The van der Waals surface area contributed by atoms with Crippen LogP contribution in [0.4, 0.5) is 18.9 Å². The van der Waals surface area contributed by atoms with Crippen LogP contribution in [0.3, 0.4) is 0 Å². The van der Waals surface area contributed by atoms with Gasteiger partial charge in [-0.05, 0) is 56.0 Å². The second-order valence-electron chi connectivity index (χ2n) is 6.41. The summed E-state index contributed by atoms with van der Waals surface area (Å²) in [6.07, 6.45) is -0.507. The number of nitrogens with zero attached hydrogens (tertiary/aromatic N) is 1. The van der Waals surface area contributed by atoms with Gasteiger partial charge in [0, 0.05) is 35.2 Å². The maximum Gasteiger partial charge on any atom is 0.432 e. The molecule has 0 saturated heterocycles. The van der Waals surface area contributed by atoms with E-state index in [9.17, 15) is 18.0 Å². The van der Waals surface area contributed by atoms with Crippen molar-refractivity contribution < 1.29 is 22.2 Å². The quantitative estimate of drug-likeness (QED) is 0.435. The first-order valence-corrected chi connectivity index (χ1v) is 9.63. The van der Waals surface area contributed by atoms with Crippen LogP contribution in [0.2, 0.25) is 0 Å². The minimum Gasteiger partial charge on any atom is -0.359 e. The van der Waals surface area contributed by atoms with Crippen LogP contribution < -0.4 is 10.6 Å². The lowest BCUT2D eigenvalue weighted by molar-refractivity contribution is -0.0584. The first-order valence-electron chi connectivity index (χ1n) is 8.48. The summed E-state index contributed by atoms with van der Waals surface area (Å²) < 4.78 is 43.1. The summed E-state index contributed by atoms with van der Waals surface area (Å²) in [5, 5.41) is 14.3. The van der Waals surface area contributed by atoms with E-state index in [2.05, 4.69) is 10.6 Å². The lowest BCUT2D eigenvalue weighted by Crippen LogP contribution is -2.22. The zero-order valence-corrected chi connectivity index (χ0v) is 16.0. The number of rotatable bonds is 8.